The van der Waals surface area contributed by atoms with Crippen LogP contribution in [-0.2, 0) is 23.5 Å². The first kappa shape index (κ1) is 26.1. The van der Waals surface area contributed by atoms with E-state index in [2.05, 4.69) is 31.2 Å². The molecule has 2 aliphatic heterocycles. The minimum absolute atomic E-state index is 0.131. The van der Waals surface area contributed by atoms with E-state index in [1.54, 1.807) is 28.8 Å². The summed E-state index contributed by atoms with van der Waals surface area (Å²) in [7, 11) is 1.27. The van der Waals surface area contributed by atoms with Crippen molar-refractivity contribution in [1.82, 2.24) is 9.78 Å². The van der Waals surface area contributed by atoms with Gasteiger partial charge in [0, 0.05) is 36.0 Å². The fourth-order valence-corrected chi connectivity index (χ4v) is 3.93. The third-order valence-electron chi connectivity index (χ3n) is 6.96. The largest absolute Gasteiger partial charge is 0.534 e. The van der Waals surface area contributed by atoms with Crippen molar-refractivity contribution in [3.05, 3.63) is 35.3 Å². The van der Waals surface area contributed by atoms with Crippen molar-refractivity contribution < 1.29 is 18.5 Å². The average molecular weight is 472 g/mol. The van der Waals surface area contributed by atoms with E-state index in [0.717, 1.165) is 5.69 Å². The number of benzene rings is 1. The van der Waals surface area contributed by atoms with Gasteiger partial charge in [-0.15, -0.1) is 0 Å². The Labute approximate surface area is 203 Å². The van der Waals surface area contributed by atoms with Crippen LogP contribution in [0.1, 0.15) is 73.6 Å². The van der Waals surface area contributed by atoms with Crippen molar-refractivity contribution in [3.8, 4) is 5.75 Å². The van der Waals surface area contributed by atoms with Crippen LogP contribution in [0.3, 0.4) is 0 Å². The Balaban J connectivity index is 0.00000158. The first-order chi connectivity index (χ1) is 15.7. The fourth-order valence-electron chi connectivity index (χ4n) is 3.93. The lowest BCUT2D eigenvalue weighted by Crippen LogP contribution is -2.64. The maximum atomic E-state index is 15.2. The summed E-state index contributed by atoms with van der Waals surface area (Å²) in [5.74, 6) is 0.319. The molecule has 1 aromatic heterocycles. The minimum Gasteiger partial charge on any atom is -0.534 e. The monoisotopic (exact) mass is 472 g/mol. The number of halogens is 1. The molecule has 186 valence electrons. The third kappa shape index (κ3) is 4.42. The van der Waals surface area contributed by atoms with Crippen LogP contribution in [0.4, 0.5) is 20.7 Å². The number of rotatable bonds is 3. The molecule has 0 unspecified atom stereocenters. The van der Waals surface area contributed by atoms with E-state index in [-0.39, 0.29) is 28.1 Å². The van der Waals surface area contributed by atoms with Crippen LogP contribution in [0, 0.1) is 5.82 Å². The summed E-state index contributed by atoms with van der Waals surface area (Å²) in [5.41, 5.74) is 1.45. The number of fused-ring (bicyclic) bond motifs is 1. The van der Waals surface area contributed by atoms with Crippen molar-refractivity contribution in [2.45, 2.75) is 85.1 Å². The molecule has 0 radical (unpaired) electrons. The van der Waals surface area contributed by atoms with Crippen LogP contribution >= 0.6 is 0 Å². The molecule has 3 heterocycles. The molecule has 0 atom stereocenters. The number of hydrogen-bond donors (Lipinski definition) is 1. The molecule has 0 spiro atoms. The predicted octanol–water partition coefficient (Wildman–Crippen LogP) is 5.93. The molecule has 1 aromatic carbocycles. The lowest BCUT2D eigenvalue weighted by Gasteiger charge is -2.54. The second kappa shape index (κ2) is 8.91. The predicted molar refractivity (Wildman–Crippen MR) is 135 cm³/mol. The number of hydrogen-bond acceptors (Lipinski definition) is 4. The zero-order valence-corrected chi connectivity index (χ0v) is 22.2. The third-order valence-corrected chi connectivity index (χ3v) is 6.96. The standard InChI is InChI=1S/C23H32BFN4O3.C2H6/c1-21(2,3)17-13-18(28(8)27-17)26-20(30)29-12-11-14-15(29)9-10-16(19(14)25)31-24-22(4,5)23(6,7)32-24;1-2/h9-10,13H,11-12H2,1-8H3,(H,26,30);1-2H3. The van der Waals surface area contributed by atoms with Gasteiger partial charge in [-0.25, -0.2) is 9.18 Å². The Kier molecular flexibility index (Phi) is 6.83. The quantitative estimate of drug-likeness (QED) is 0.562. The summed E-state index contributed by atoms with van der Waals surface area (Å²) in [6.45, 7) is 18.7. The second-order valence-corrected chi connectivity index (χ2v) is 10.8. The molecule has 7 nitrogen and oxygen atoms in total. The molecule has 2 amide bonds. The molecule has 0 aliphatic carbocycles. The molecule has 1 saturated heterocycles. The van der Waals surface area contributed by atoms with Crippen molar-refractivity contribution in [3.63, 3.8) is 0 Å². The molecule has 2 aliphatic rings. The van der Waals surface area contributed by atoms with Gasteiger partial charge in [0.05, 0.1) is 17.0 Å². The highest BCUT2D eigenvalue weighted by atomic mass is 19.1. The Morgan fingerprint density at radius 1 is 1.24 bits per heavy atom. The molecule has 2 aromatic rings. The summed E-state index contributed by atoms with van der Waals surface area (Å²) in [6, 6.07) is 4.87. The maximum absolute atomic E-state index is 15.2. The number of carbonyl (C=O) groups excluding carboxylic acids is 1. The van der Waals surface area contributed by atoms with E-state index < -0.39 is 12.9 Å². The van der Waals surface area contributed by atoms with Crippen LogP contribution in [0.5, 0.6) is 5.75 Å². The maximum Gasteiger partial charge on any atom is 0.534 e. The molecular weight excluding hydrogens is 434 g/mol. The summed E-state index contributed by atoms with van der Waals surface area (Å²) in [5, 5.41) is 7.14. The fraction of sp³-hybridized carbons (Fsp3) is 0.600. The first-order valence-electron chi connectivity index (χ1n) is 12.0. The number of anilines is 2. The van der Waals surface area contributed by atoms with Crippen LogP contribution in [-0.4, -0.2) is 35.1 Å². The highest BCUT2D eigenvalue weighted by molar-refractivity contribution is 6.53. The SMILES string of the molecule is CC.Cn1nc(C(C)(C)C)cc1NC(=O)N1CCc2c1ccc(OB1OC(C)(C)C1(C)C)c2F. The number of amides is 2. The van der Waals surface area contributed by atoms with Gasteiger partial charge in [-0.2, -0.15) is 5.10 Å². The summed E-state index contributed by atoms with van der Waals surface area (Å²) in [4.78, 5) is 14.5. The minimum atomic E-state index is -0.521. The van der Waals surface area contributed by atoms with E-state index in [4.69, 9.17) is 9.31 Å². The summed E-state index contributed by atoms with van der Waals surface area (Å²) < 4.78 is 28.6. The van der Waals surface area contributed by atoms with E-state index in [1.165, 1.54) is 0 Å². The van der Waals surface area contributed by atoms with Gasteiger partial charge in [-0.05, 0) is 32.4 Å². The number of aromatic nitrogens is 2. The molecule has 4 rings (SSSR count). The van der Waals surface area contributed by atoms with Gasteiger partial charge < -0.3 is 9.31 Å². The van der Waals surface area contributed by atoms with E-state index in [0.29, 0.717) is 30.0 Å². The Bertz CT molecular complexity index is 1070. The van der Waals surface area contributed by atoms with Gasteiger partial charge in [0.25, 0.3) is 0 Å². The molecule has 0 bridgehead atoms. The smallest absolute Gasteiger partial charge is 0.534 e. The number of nitrogens with one attached hydrogen (secondary N) is 1. The first-order valence-corrected chi connectivity index (χ1v) is 12.0. The average Bonchev–Trinajstić information content (AvgIpc) is 3.35. The van der Waals surface area contributed by atoms with Gasteiger partial charge in [0.2, 0.25) is 0 Å². The molecule has 1 N–H and O–H groups in total. The van der Waals surface area contributed by atoms with Gasteiger partial charge in [-0.1, -0.05) is 48.5 Å². The van der Waals surface area contributed by atoms with E-state index in [9.17, 15) is 4.79 Å². The lowest BCUT2D eigenvalue weighted by atomic mass is 9.45. The van der Waals surface area contributed by atoms with Gasteiger partial charge in [0.1, 0.15) is 11.6 Å². The van der Waals surface area contributed by atoms with Crippen molar-refractivity contribution >= 4 is 24.7 Å². The van der Waals surface area contributed by atoms with Gasteiger partial charge in [0.15, 0.2) is 5.82 Å². The molecular formula is C25H38BFN4O3. The van der Waals surface area contributed by atoms with E-state index in [1.807, 2.05) is 47.6 Å². The lowest BCUT2D eigenvalue weighted by molar-refractivity contribution is -0.0416. The van der Waals surface area contributed by atoms with Crippen LogP contribution in [0.2, 0.25) is 5.31 Å². The Morgan fingerprint density at radius 2 is 1.88 bits per heavy atom. The number of aryl methyl sites for hydroxylation is 1. The van der Waals surface area contributed by atoms with Crippen molar-refractivity contribution in [2.24, 2.45) is 7.05 Å². The van der Waals surface area contributed by atoms with Crippen molar-refractivity contribution in [2.75, 3.05) is 16.8 Å². The summed E-state index contributed by atoms with van der Waals surface area (Å²) >= 11 is 0. The van der Waals surface area contributed by atoms with Crippen LogP contribution < -0.4 is 14.9 Å². The van der Waals surface area contributed by atoms with Crippen LogP contribution in [0.15, 0.2) is 18.2 Å². The van der Waals surface area contributed by atoms with Gasteiger partial charge >= 0.3 is 13.1 Å². The zero-order valence-electron chi connectivity index (χ0n) is 22.2. The number of urea groups is 1. The Morgan fingerprint density at radius 3 is 2.41 bits per heavy atom. The van der Waals surface area contributed by atoms with Gasteiger partial charge in [-0.3, -0.25) is 14.9 Å². The van der Waals surface area contributed by atoms with E-state index >= 15 is 4.39 Å². The summed E-state index contributed by atoms with van der Waals surface area (Å²) in [6.07, 6.45) is 0.421. The van der Waals surface area contributed by atoms with Crippen LogP contribution in [0.25, 0.3) is 0 Å². The topological polar surface area (TPSA) is 68.6 Å². The number of nitrogens with zero attached hydrogens (tertiary/aromatic N) is 3. The molecule has 9 heteroatoms. The number of carbonyl (C=O) groups is 1. The molecule has 34 heavy (non-hydrogen) atoms. The molecule has 0 saturated carbocycles. The normalized spacial score (nSPS) is 18.0. The highest BCUT2D eigenvalue weighted by Gasteiger charge is 2.63. The highest BCUT2D eigenvalue weighted by Crippen LogP contribution is 2.54. The second-order valence-electron chi connectivity index (χ2n) is 10.8. The van der Waals surface area contributed by atoms with Crippen molar-refractivity contribution in [1.29, 1.82) is 0 Å². The zero-order chi connectivity index (χ0) is 25.6. The Hall–Kier alpha value is -2.55. The molecule has 1 fully saturated rings.